The number of hydrogen-bond acceptors (Lipinski definition) is 4. The highest BCUT2D eigenvalue weighted by molar-refractivity contribution is 9.10. The van der Waals surface area contributed by atoms with Crippen molar-refractivity contribution >= 4 is 51.2 Å². The summed E-state index contributed by atoms with van der Waals surface area (Å²) in [5.74, 6) is -1.05. The lowest BCUT2D eigenvalue weighted by Crippen LogP contribution is -2.24. The molecule has 144 valence electrons. The molecule has 1 N–H and O–H groups in total. The van der Waals surface area contributed by atoms with Crippen LogP contribution in [0.4, 0.5) is 5.69 Å². The summed E-state index contributed by atoms with van der Waals surface area (Å²) in [6.45, 7) is 3.53. The lowest BCUT2D eigenvalue weighted by atomic mass is 10.0. The highest BCUT2D eigenvalue weighted by atomic mass is 79.9. The zero-order valence-corrected chi connectivity index (χ0v) is 17.8. The quantitative estimate of drug-likeness (QED) is 0.515. The van der Waals surface area contributed by atoms with Crippen LogP contribution < -0.4 is 4.90 Å². The van der Waals surface area contributed by atoms with Crippen molar-refractivity contribution < 1.29 is 19.4 Å². The molecule has 7 heteroatoms. The standard InChI is InChI=1S/C21H17BrClNO4/c1-11-4-6-15(10-17(11)23)24-12(2)19(21(27)28-3)16(20(24)26)9-13-8-14(22)5-7-18(13)25/h4-10,25H,1-3H3/b16-9-. The summed E-state index contributed by atoms with van der Waals surface area (Å²) >= 11 is 9.56. The Labute approximate surface area is 176 Å². The van der Waals surface area contributed by atoms with Crippen LogP contribution in [-0.2, 0) is 14.3 Å². The Morgan fingerprint density at radius 3 is 2.57 bits per heavy atom. The van der Waals surface area contributed by atoms with E-state index in [1.165, 1.54) is 24.2 Å². The number of methoxy groups -OCH3 is 1. The molecular weight excluding hydrogens is 446 g/mol. The number of aromatic hydroxyl groups is 1. The van der Waals surface area contributed by atoms with Gasteiger partial charge in [-0.3, -0.25) is 9.69 Å². The summed E-state index contributed by atoms with van der Waals surface area (Å²) in [7, 11) is 1.26. The van der Waals surface area contributed by atoms with Gasteiger partial charge in [0.1, 0.15) is 5.75 Å². The Morgan fingerprint density at radius 1 is 1.21 bits per heavy atom. The van der Waals surface area contributed by atoms with E-state index in [0.717, 1.165) is 10.0 Å². The number of carbonyl (C=O) groups excluding carboxylic acids is 2. The molecule has 0 aliphatic carbocycles. The minimum atomic E-state index is -0.632. The van der Waals surface area contributed by atoms with Crippen molar-refractivity contribution in [1.82, 2.24) is 0 Å². The number of aryl methyl sites for hydroxylation is 1. The fraction of sp³-hybridized carbons (Fsp3) is 0.143. The Kier molecular flexibility index (Phi) is 5.63. The summed E-state index contributed by atoms with van der Waals surface area (Å²) in [4.78, 5) is 27.1. The monoisotopic (exact) mass is 461 g/mol. The van der Waals surface area contributed by atoms with Gasteiger partial charge in [-0.15, -0.1) is 0 Å². The van der Waals surface area contributed by atoms with Crippen LogP contribution in [0, 0.1) is 6.92 Å². The topological polar surface area (TPSA) is 66.8 Å². The number of nitrogens with zero attached hydrogens (tertiary/aromatic N) is 1. The average molecular weight is 463 g/mol. The fourth-order valence-corrected chi connectivity index (χ4v) is 3.56. The van der Waals surface area contributed by atoms with E-state index >= 15 is 0 Å². The third kappa shape index (κ3) is 3.57. The molecule has 0 bridgehead atoms. The molecule has 2 aromatic carbocycles. The average Bonchev–Trinajstić information content (AvgIpc) is 2.90. The maximum Gasteiger partial charge on any atom is 0.340 e. The van der Waals surface area contributed by atoms with Gasteiger partial charge in [0, 0.05) is 20.8 Å². The Hall–Kier alpha value is -2.57. The van der Waals surface area contributed by atoms with E-state index in [1.54, 1.807) is 37.3 Å². The van der Waals surface area contributed by atoms with Gasteiger partial charge >= 0.3 is 5.97 Å². The van der Waals surface area contributed by atoms with Crippen molar-refractivity contribution in [2.45, 2.75) is 13.8 Å². The van der Waals surface area contributed by atoms with Crippen LogP contribution in [0.5, 0.6) is 5.75 Å². The van der Waals surface area contributed by atoms with Crippen molar-refractivity contribution in [3.05, 3.63) is 73.9 Å². The van der Waals surface area contributed by atoms with Crippen LogP contribution in [-0.4, -0.2) is 24.1 Å². The predicted octanol–water partition coefficient (Wildman–Crippen LogP) is 4.99. The van der Waals surface area contributed by atoms with Crippen molar-refractivity contribution in [2.24, 2.45) is 0 Å². The molecule has 1 heterocycles. The number of phenolic OH excluding ortho intramolecular Hbond substituents is 1. The minimum Gasteiger partial charge on any atom is -0.507 e. The summed E-state index contributed by atoms with van der Waals surface area (Å²) in [5.41, 5.74) is 2.52. The van der Waals surface area contributed by atoms with Crippen LogP contribution in [0.3, 0.4) is 0 Å². The summed E-state index contributed by atoms with van der Waals surface area (Å²) in [6.07, 6.45) is 1.48. The molecule has 0 atom stereocenters. The molecule has 5 nitrogen and oxygen atoms in total. The number of rotatable bonds is 3. The lowest BCUT2D eigenvalue weighted by molar-refractivity contribution is -0.136. The molecule has 1 amide bonds. The maximum absolute atomic E-state index is 13.2. The highest BCUT2D eigenvalue weighted by Crippen LogP contribution is 2.37. The van der Waals surface area contributed by atoms with Crippen molar-refractivity contribution in [3.8, 4) is 5.75 Å². The van der Waals surface area contributed by atoms with Crippen LogP contribution in [0.2, 0.25) is 5.02 Å². The molecule has 28 heavy (non-hydrogen) atoms. The van der Waals surface area contributed by atoms with Crippen LogP contribution in [0.15, 0.2) is 57.7 Å². The van der Waals surface area contributed by atoms with Gasteiger partial charge < -0.3 is 9.84 Å². The van der Waals surface area contributed by atoms with Gasteiger partial charge in [0.2, 0.25) is 0 Å². The van der Waals surface area contributed by atoms with E-state index in [9.17, 15) is 14.7 Å². The largest absolute Gasteiger partial charge is 0.507 e. The van der Waals surface area contributed by atoms with Gasteiger partial charge in [-0.25, -0.2) is 4.79 Å². The number of hydrogen-bond donors (Lipinski definition) is 1. The predicted molar refractivity (Wildman–Crippen MR) is 112 cm³/mol. The van der Waals surface area contributed by atoms with E-state index < -0.39 is 11.9 Å². The van der Waals surface area contributed by atoms with E-state index in [2.05, 4.69) is 15.9 Å². The van der Waals surface area contributed by atoms with Gasteiger partial charge in [0.15, 0.2) is 0 Å². The number of allylic oxidation sites excluding steroid dienone is 1. The van der Waals surface area contributed by atoms with Crippen molar-refractivity contribution in [3.63, 3.8) is 0 Å². The molecule has 0 fully saturated rings. The third-order valence-corrected chi connectivity index (χ3v) is 5.39. The zero-order valence-electron chi connectivity index (χ0n) is 15.4. The van der Waals surface area contributed by atoms with Gasteiger partial charge in [0.25, 0.3) is 5.91 Å². The number of esters is 1. The number of ether oxygens (including phenoxy) is 1. The van der Waals surface area contributed by atoms with E-state index in [-0.39, 0.29) is 16.9 Å². The lowest BCUT2D eigenvalue weighted by Gasteiger charge is -2.18. The molecular formula is C21H17BrClNO4. The van der Waals surface area contributed by atoms with Crippen molar-refractivity contribution in [1.29, 1.82) is 0 Å². The smallest absolute Gasteiger partial charge is 0.340 e. The second-order valence-electron chi connectivity index (χ2n) is 6.29. The van der Waals surface area contributed by atoms with E-state index in [0.29, 0.717) is 22.0 Å². The SMILES string of the molecule is COC(=O)C1=C(C)N(c2ccc(C)c(Cl)c2)C(=O)/C1=C\c1cc(Br)ccc1O. The van der Waals surface area contributed by atoms with Gasteiger partial charge in [0.05, 0.1) is 23.9 Å². The Balaban J connectivity index is 2.19. The molecule has 0 spiro atoms. The number of benzene rings is 2. The molecule has 0 aromatic heterocycles. The molecule has 3 rings (SSSR count). The first kappa shape index (κ1) is 20.2. The summed E-state index contributed by atoms with van der Waals surface area (Å²) < 4.78 is 5.61. The normalized spacial score (nSPS) is 15.5. The molecule has 2 aromatic rings. The maximum atomic E-state index is 13.2. The van der Waals surface area contributed by atoms with Gasteiger partial charge in [-0.2, -0.15) is 0 Å². The summed E-state index contributed by atoms with van der Waals surface area (Å²) in [5, 5.41) is 10.7. The van der Waals surface area contributed by atoms with Gasteiger partial charge in [-0.1, -0.05) is 33.6 Å². The first-order valence-corrected chi connectivity index (χ1v) is 9.52. The van der Waals surface area contributed by atoms with Crippen LogP contribution in [0.25, 0.3) is 6.08 Å². The molecule has 0 saturated carbocycles. The first-order chi connectivity index (χ1) is 13.2. The molecule has 0 radical (unpaired) electrons. The zero-order chi connectivity index (χ0) is 20.6. The Bertz CT molecular complexity index is 1060. The second kappa shape index (κ2) is 7.81. The molecule has 0 saturated heterocycles. The fourth-order valence-electron chi connectivity index (χ4n) is 3.01. The number of anilines is 1. The van der Waals surface area contributed by atoms with Gasteiger partial charge in [-0.05, 0) is 55.8 Å². The minimum absolute atomic E-state index is 0.0119. The number of phenols is 1. The molecule has 0 unspecified atom stereocenters. The van der Waals surface area contributed by atoms with Crippen LogP contribution >= 0.6 is 27.5 Å². The van der Waals surface area contributed by atoms with Crippen LogP contribution in [0.1, 0.15) is 18.1 Å². The third-order valence-electron chi connectivity index (χ3n) is 4.49. The van der Waals surface area contributed by atoms with E-state index in [4.69, 9.17) is 16.3 Å². The van der Waals surface area contributed by atoms with Crippen molar-refractivity contribution in [2.75, 3.05) is 12.0 Å². The second-order valence-corrected chi connectivity index (χ2v) is 7.61. The molecule has 1 aliphatic rings. The Morgan fingerprint density at radius 2 is 1.93 bits per heavy atom. The van der Waals surface area contributed by atoms with E-state index in [1.807, 2.05) is 6.92 Å². The number of carbonyl (C=O) groups is 2. The highest BCUT2D eigenvalue weighted by Gasteiger charge is 2.38. The number of halogens is 2. The number of amides is 1. The molecule has 1 aliphatic heterocycles. The summed E-state index contributed by atoms with van der Waals surface area (Å²) in [6, 6.07) is 10.1. The first-order valence-electron chi connectivity index (χ1n) is 8.35.